The molecule has 24 heavy (non-hydrogen) atoms. The number of methoxy groups -OCH3 is 1. The van der Waals surface area contributed by atoms with E-state index in [2.05, 4.69) is 10.2 Å². The summed E-state index contributed by atoms with van der Waals surface area (Å²) in [5.41, 5.74) is 6.08. The highest BCUT2D eigenvalue weighted by Crippen LogP contribution is 2.34. The van der Waals surface area contributed by atoms with Gasteiger partial charge in [-0.3, -0.25) is 9.36 Å². The van der Waals surface area contributed by atoms with Crippen molar-refractivity contribution < 1.29 is 9.53 Å². The number of hydrogen-bond acceptors (Lipinski definition) is 6. The molecule has 0 radical (unpaired) electrons. The van der Waals surface area contributed by atoms with Gasteiger partial charge in [0.05, 0.1) is 17.7 Å². The molecule has 8 heteroatoms. The molecule has 1 aromatic carbocycles. The Kier molecular flexibility index (Phi) is 5.17. The molecule has 6 nitrogen and oxygen atoms in total. The van der Waals surface area contributed by atoms with Gasteiger partial charge in [0.2, 0.25) is 5.91 Å². The summed E-state index contributed by atoms with van der Waals surface area (Å²) in [4.78, 5) is 12.0. The van der Waals surface area contributed by atoms with Gasteiger partial charge >= 0.3 is 0 Å². The molecule has 0 aliphatic carbocycles. The van der Waals surface area contributed by atoms with E-state index in [0.29, 0.717) is 10.9 Å². The van der Waals surface area contributed by atoms with Gasteiger partial charge in [-0.2, -0.15) is 0 Å². The molecule has 0 saturated heterocycles. The Hall–Kier alpha value is -2.32. The first kappa shape index (κ1) is 16.5. The Balaban J connectivity index is 2.06. The van der Waals surface area contributed by atoms with Gasteiger partial charge in [-0.25, -0.2) is 0 Å². The topological polar surface area (TPSA) is 83.0 Å². The van der Waals surface area contributed by atoms with Crippen molar-refractivity contribution >= 4 is 29.0 Å². The van der Waals surface area contributed by atoms with Crippen LogP contribution in [0.5, 0.6) is 5.75 Å². The molecule has 2 aromatic heterocycles. The van der Waals surface area contributed by atoms with E-state index in [0.717, 1.165) is 22.1 Å². The van der Waals surface area contributed by atoms with Gasteiger partial charge in [0, 0.05) is 12.2 Å². The van der Waals surface area contributed by atoms with E-state index in [1.165, 1.54) is 11.8 Å². The highest BCUT2D eigenvalue weighted by Gasteiger charge is 2.19. The fraction of sp³-hybridized carbons (Fsp3) is 0.188. The summed E-state index contributed by atoms with van der Waals surface area (Å²) in [5.74, 6) is 1.69. The lowest BCUT2D eigenvalue weighted by molar-refractivity contribution is -0.117. The summed E-state index contributed by atoms with van der Waals surface area (Å²) < 4.78 is 7.44. The molecule has 3 aromatic rings. The van der Waals surface area contributed by atoms with Gasteiger partial charge in [-0.15, -0.1) is 21.5 Å². The van der Waals surface area contributed by atoms with Crippen LogP contribution in [0.15, 0.2) is 46.9 Å². The molecule has 0 aliphatic rings. The molecule has 2 heterocycles. The Morgan fingerprint density at radius 3 is 2.83 bits per heavy atom. The number of nitrogens with two attached hydrogens (primary N) is 1. The van der Waals surface area contributed by atoms with Gasteiger partial charge in [-0.05, 0) is 23.6 Å². The van der Waals surface area contributed by atoms with Crippen LogP contribution in [0.4, 0.5) is 0 Å². The second-order valence-corrected chi connectivity index (χ2v) is 6.87. The molecule has 0 fully saturated rings. The zero-order valence-electron chi connectivity index (χ0n) is 13.0. The number of aromatic nitrogens is 3. The zero-order valence-corrected chi connectivity index (χ0v) is 14.6. The smallest absolute Gasteiger partial charge is 0.218 e. The van der Waals surface area contributed by atoms with Gasteiger partial charge in [0.15, 0.2) is 11.0 Å². The number of amides is 1. The van der Waals surface area contributed by atoms with E-state index in [4.69, 9.17) is 10.5 Å². The fourth-order valence-corrected chi connectivity index (χ4v) is 3.80. The van der Waals surface area contributed by atoms with E-state index in [1.54, 1.807) is 18.4 Å². The number of carbonyl (C=O) groups is 1. The summed E-state index contributed by atoms with van der Waals surface area (Å²) in [6, 6.07) is 11.7. The number of thiophene rings is 1. The van der Waals surface area contributed by atoms with Crippen molar-refractivity contribution in [1.29, 1.82) is 0 Å². The Morgan fingerprint density at radius 2 is 2.12 bits per heavy atom. The molecule has 0 spiro atoms. The van der Waals surface area contributed by atoms with Crippen LogP contribution in [0.3, 0.4) is 0 Å². The number of benzene rings is 1. The van der Waals surface area contributed by atoms with Gasteiger partial charge in [-0.1, -0.05) is 30.0 Å². The minimum Gasteiger partial charge on any atom is -0.495 e. The average Bonchev–Trinajstić information content (AvgIpc) is 3.23. The Bertz CT molecular complexity index is 830. The maximum atomic E-state index is 11.0. The normalized spacial score (nSPS) is 10.7. The van der Waals surface area contributed by atoms with Crippen LogP contribution < -0.4 is 10.5 Å². The van der Waals surface area contributed by atoms with E-state index >= 15 is 0 Å². The number of hydrogen-bond donors (Lipinski definition) is 1. The molecule has 0 bridgehead atoms. The van der Waals surface area contributed by atoms with Crippen LogP contribution in [0.25, 0.3) is 16.4 Å². The van der Waals surface area contributed by atoms with Crippen LogP contribution in [0, 0.1) is 0 Å². The number of carbonyl (C=O) groups excluding carboxylic acids is 1. The van der Waals surface area contributed by atoms with Gasteiger partial charge in [0.25, 0.3) is 0 Å². The van der Waals surface area contributed by atoms with Gasteiger partial charge < -0.3 is 10.5 Å². The third-order valence-corrected chi connectivity index (χ3v) is 5.08. The summed E-state index contributed by atoms with van der Waals surface area (Å²) in [5, 5.41) is 11.3. The third-order valence-electron chi connectivity index (χ3n) is 3.28. The number of nitrogens with zero attached hydrogens (tertiary/aromatic N) is 3. The Labute approximate surface area is 147 Å². The molecule has 124 valence electrons. The molecular weight excluding hydrogens is 344 g/mol. The lowest BCUT2D eigenvalue weighted by atomic mass is 10.3. The summed E-state index contributed by atoms with van der Waals surface area (Å²) in [7, 11) is 1.63. The van der Waals surface area contributed by atoms with Crippen molar-refractivity contribution in [2.24, 2.45) is 5.73 Å². The van der Waals surface area contributed by atoms with Crippen LogP contribution in [0.1, 0.15) is 6.42 Å². The van der Waals surface area contributed by atoms with E-state index < -0.39 is 0 Å². The quantitative estimate of drug-likeness (QED) is 0.655. The van der Waals surface area contributed by atoms with Crippen LogP contribution in [-0.2, 0) is 4.79 Å². The van der Waals surface area contributed by atoms with Crippen LogP contribution in [-0.4, -0.2) is 33.5 Å². The molecule has 2 N–H and O–H groups in total. The number of rotatable bonds is 7. The summed E-state index contributed by atoms with van der Waals surface area (Å²) in [6.07, 6.45) is 0.289. The summed E-state index contributed by atoms with van der Waals surface area (Å²) in [6.45, 7) is 0. The first-order valence-corrected chi connectivity index (χ1v) is 9.11. The summed E-state index contributed by atoms with van der Waals surface area (Å²) >= 11 is 3.04. The Morgan fingerprint density at radius 1 is 1.29 bits per heavy atom. The molecule has 0 saturated carbocycles. The largest absolute Gasteiger partial charge is 0.495 e. The van der Waals surface area contributed by atoms with E-state index in [9.17, 15) is 4.79 Å². The molecular formula is C16H16N4O2S2. The van der Waals surface area contributed by atoms with Crippen molar-refractivity contribution in [3.05, 3.63) is 41.8 Å². The first-order chi connectivity index (χ1) is 11.7. The van der Waals surface area contributed by atoms with Crippen molar-refractivity contribution in [2.75, 3.05) is 12.9 Å². The lowest BCUT2D eigenvalue weighted by Gasteiger charge is -2.13. The predicted molar refractivity (Wildman–Crippen MR) is 95.8 cm³/mol. The molecule has 0 unspecified atom stereocenters. The van der Waals surface area contributed by atoms with E-state index in [1.807, 2.05) is 46.3 Å². The fourth-order valence-electron chi connectivity index (χ4n) is 2.20. The minimum atomic E-state index is -0.329. The lowest BCUT2D eigenvalue weighted by Crippen LogP contribution is -2.11. The number of primary amides is 1. The van der Waals surface area contributed by atoms with Crippen molar-refractivity contribution in [1.82, 2.24) is 14.8 Å². The number of thioether (sulfide) groups is 1. The first-order valence-electron chi connectivity index (χ1n) is 7.24. The SMILES string of the molecule is COc1ccccc1-n1c(SCCC(N)=O)nnc1-c1cccs1. The van der Waals surface area contributed by atoms with Crippen LogP contribution in [0.2, 0.25) is 0 Å². The van der Waals surface area contributed by atoms with Crippen molar-refractivity contribution in [2.45, 2.75) is 11.6 Å². The molecule has 0 atom stereocenters. The van der Waals surface area contributed by atoms with Crippen molar-refractivity contribution in [3.63, 3.8) is 0 Å². The van der Waals surface area contributed by atoms with Gasteiger partial charge in [0.1, 0.15) is 5.75 Å². The second kappa shape index (κ2) is 7.50. The predicted octanol–water partition coefficient (Wildman–Crippen LogP) is 2.97. The number of para-hydroxylation sites is 2. The molecule has 0 aliphatic heterocycles. The average molecular weight is 360 g/mol. The molecule has 3 rings (SSSR count). The zero-order chi connectivity index (χ0) is 16.9. The third kappa shape index (κ3) is 3.44. The highest BCUT2D eigenvalue weighted by atomic mass is 32.2. The highest BCUT2D eigenvalue weighted by molar-refractivity contribution is 7.99. The van der Waals surface area contributed by atoms with E-state index in [-0.39, 0.29) is 12.3 Å². The molecule has 1 amide bonds. The second-order valence-electron chi connectivity index (χ2n) is 4.86. The standard InChI is InChI=1S/C16H16N4O2S2/c1-22-12-6-3-2-5-11(12)20-15(13-7-4-9-23-13)18-19-16(20)24-10-8-14(17)21/h2-7,9H,8,10H2,1H3,(H2,17,21). The van der Waals surface area contributed by atoms with Crippen molar-refractivity contribution in [3.8, 4) is 22.1 Å². The maximum absolute atomic E-state index is 11.0. The monoisotopic (exact) mass is 360 g/mol. The van der Waals surface area contributed by atoms with Crippen LogP contribution >= 0.6 is 23.1 Å². The maximum Gasteiger partial charge on any atom is 0.218 e. The number of ether oxygens (including phenoxy) is 1. The minimum absolute atomic E-state index is 0.289.